The molecule has 1 saturated carbocycles. The lowest BCUT2D eigenvalue weighted by Crippen LogP contribution is -2.55. The zero-order valence-corrected chi connectivity index (χ0v) is 26.3. The second-order valence-electron chi connectivity index (χ2n) is 11.6. The third-order valence-electron chi connectivity index (χ3n) is 8.54. The number of methoxy groups -OCH3 is 1. The summed E-state index contributed by atoms with van der Waals surface area (Å²) in [6, 6.07) is 25.3. The molecule has 3 aromatic carbocycles. The Balaban J connectivity index is 1.15. The standard InChI is InChI=1S/C34H42N4O5S/c1-43-29-17-15-27(16-18-29)30-24-32(30)35-19-7-6-10-31(34(40)37-20-22-38(23-21-37)44(2,41)42)36-33(39)28-13-11-26(12-14-28)25-8-4-3-5-9-25/h3-5,8-9,11-18,30-32,35H,6-7,10,19-24H2,1-2H3,(H,36,39). The highest BCUT2D eigenvalue weighted by Gasteiger charge is 2.37. The predicted molar refractivity (Wildman–Crippen MR) is 172 cm³/mol. The van der Waals surface area contributed by atoms with Crippen LogP contribution in [0.1, 0.15) is 47.5 Å². The quantitative estimate of drug-likeness (QED) is 0.282. The monoisotopic (exact) mass is 618 g/mol. The molecule has 2 N–H and O–H groups in total. The van der Waals surface area contributed by atoms with E-state index < -0.39 is 16.1 Å². The van der Waals surface area contributed by atoms with Gasteiger partial charge < -0.3 is 20.3 Å². The van der Waals surface area contributed by atoms with Crippen molar-refractivity contribution in [3.05, 3.63) is 90.0 Å². The van der Waals surface area contributed by atoms with E-state index in [0.29, 0.717) is 37.0 Å². The first kappa shape index (κ1) is 31.7. The molecule has 9 nitrogen and oxygen atoms in total. The Morgan fingerprint density at radius 2 is 1.55 bits per heavy atom. The normalized spacial score (nSPS) is 19.3. The van der Waals surface area contributed by atoms with Crippen LogP contribution in [0.25, 0.3) is 11.1 Å². The van der Waals surface area contributed by atoms with Gasteiger partial charge in [0.2, 0.25) is 15.9 Å². The highest BCUT2D eigenvalue weighted by atomic mass is 32.2. The number of hydrogen-bond acceptors (Lipinski definition) is 6. The van der Waals surface area contributed by atoms with Gasteiger partial charge in [0, 0.05) is 43.7 Å². The molecule has 2 fully saturated rings. The number of nitrogens with one attached hydrogen (secondary N) is 2. The van der Waals surface area contributed by atoms with Gasteiger partial charge in [-0.2, -0.15) is 4.31 Å². The Labute approximate surface area is 260 Å². The van der Waals surface area contributed by atoms with Gasteiger partial charge in [0.25, 0.3) is 5.91 Å². The highest BCUT2D eigenvalue weighted by molar-refractivity contribution is 7.88. The predicted octanol–water partition coefficient (Wildman–Crippen LogP) is 3.88. The third kappa shape index (κ3) is 8.25. The van der Waals surface area contributed by atoms with E-state index in [1.165, 1.54) is 16.1 Å². The summed E-state index contributed by atoms with van der Waals surface area (Å²) in [7, 11) is -1.64. The number of amides is 2. The molecule has 2 amide bonds. The van der Waals surface area contributed by atoms with Gasteiger partial charge in [0.1, 0.15) is 11.8 Å². The number of nitrogens with zero attached hydrogens (tertiary/aromatic N) is 2. The van der Waals surface area contributed by atoms with Gasteiger partial charge in [0.05, 0.1) is 13.4 Å². The number of sulfonamides is 1. The molecule has 1 aliphatic carbocycles. The lowest BCUT2D eigenvalue weighted by atomic mass is 10.0. The number of unbranched alkanes of at least 4 members (excludes halogenated alkanes) is 1. The molecule has 234 valence electrons. The Kier molecular flexibility index (Phi) is 10.3. The number of rotatable bonds is 13. The molecule has 0 bridgehead atoms. The van der Waals surface area contributed by atoms with Gasteiger partial charge in [0.15, 0.2) is 0 Å². The Hall–Kier alpha value is -3.73. The van der Waals surface area contributed by atoms with Crippen LogP contribution in [0.2, 0.25) is 0 Å². The van der Waals surface area contributed by atoms with E-state index >= 15 is 0 Å². The summed E-state index contributed by atoms with van der Waals surface area (Å²) in [6.07, 6.45) is 4.43. The minimum Gasteiger partial charge on any atom is -0.497 e. The van der Waals surface area contributed by atoms with Gasteiger partial charge in [-0.3, -0.25) is 9.59 Å². The van der Waals surface area contributed by atoms with Crippen molar-refractivity contribution < 1.29 is 22.7 Å². The number of piperazine rings is 1. The van der Waals surface area contributed by atoms with Crippen LogP contribution in [-0.4, -0.2) is 87.6 Å². The maximum Gasteiger partial charge on any atom is 0.251 e. The number of hydrogen-bond donors (Lipinski definition) is 2. The molecule has 3 atom stereocenters. The van der Waals surface area contributed by atoms with Crippen LogP contribution in [-0.2, 0) is 14.8 Å². The molecular formula is C34H42N4O5S. The molecular weight excluding hydrogens is 576 g/mol. The molecule has 2 aliphatic rings. The number of carbonyl (C=O) groups is 2. The lowest BCUT2D eigenvalue weighted by Gasteiger charge is -2.35. The summed E-state index contributed by atoms with van der Waals surface area (Å²) in [5, 5.41) is 6.62. The van der Waals surface area contributed by atoms with Crippen LogP contribution >= 0.6 is 0 Å². The molecule has 3 unspecified atom stereocenters. The van der Waals surface area contributed by atoms with Gasteiger partial charge in [-0.25, -0.2) is 8.42 Å². The Bertz CT molecular complexity index is 1510. The van der Waals surface area contributed by atoms with Crippen molar-refractivity contribution in [1.82, 2.24) is 19.8 Å². The Morgan fingerprint density at radius 1 is 0.886 bits per heavy atom. The van der Waals surface area contributed by atoms with E-state index in [0.717, 1.165) is 42.7 Å². The van der Waals surface area contributed by atoms with Gasteiger partial charge in [-0.05, 0) is 73.2 Å². The molecule has 1 saturated heterocycles. The van der Waals surface area contributed by atoms with Crippen LogP contribution in [0.5, 0.6) is 5.75 Å². The lowest BCUT2D eigenvalue weighted by molar-refractivity contribution is -0.134. The van der Waals surface area contributed by atoms with Crippen LogP contribution in [0.4, 0.5) is 0 Å². The second kappa shape index (κ2) is 14.4. The van der Waals surface area contributed by atoms with Crippen molar-refractivity contribution in [2.75, 3.05) is 46.1 Å². The van der Waals surface area contributed by atoms with Crippen molar-refractivity contribution in [2.24, 2.45) is 0 Å². The fraction of sp³-hybridized carbons (Fsp3) is 0.412. The first-order chi connectivity index (χ1) is 21.2. The molecule has 44 heavy (non-hydrogen) atoms. The van der Waals surface area contributed by atoms with E-state index in [9.17, 15) is 18.0 Å². The molecule has 1 aliphatic heterocycles. The van der Waals surface area contributed by atoms with Gasteiger partial charge in [-0.15, -0.1) is 0 Å². The first-order valence-corrected chi connectivity index (χ1v) is 17.2. The number of benzene rings is 3. The second-order valence-corrected chi connectivity index (χ2v) is 13.6. The largest absolute Gasteiger partial charge is 0.497 e. The van der Waals surface area contributed by atoms with E-state index in [4.69, 9.17) is 4.74 Å². The van der Waals surface area contributed by atoms with Crippen LogP contribution < -0.4 is 15.4 Å². The van der Waals surface area contributed by atoms with Gasteiger partial charge in [-0.1, -0.05) is 54.6 Å². The van der Waals surface area contributed by atoms with Crippen LogP contribution in [0, 0.1) is 0 Å². The summed E-state index contributed by atoms with van der Waals surface area (Å²) in [5.41, 5.74) is 3.88. The summed E-state index contributed by atoms with van der Waals surface area (Å²) in [4.78, 5) is 28.6. The molecule has 0 spiro atoms. The van der Waals surface area contributed by atoms with Crippen LogP contribution in [0.3, 0.4) is 0 Å². The molecule has 0 aromatic heterocycles. The average Bonchev–Trinajstić information content (AvgIpc) is 3.83. The van der Waals surface area contributed by atoms with Crippen molar-refractivity contribution in [2.45, 2.75) is 43.7 Å². The molecule has 0 radical (unpaired) electrons. The topological polar surface area (TPSA) is 108 Å². The van der Waals surface area contributed by atoms with E-state index in [1.807, 2.05) is 54.6 Å². The Morgan fingerprint density at radius 3 is 2.18 bits per heavy atom. The summed E-state index contributed by atoms with van der Waals surface area (Å²) in [5.74, 6) is 0.906. The van der Waals surface area contributed by atoms with Crippen molar-refractivity contribution >= 4 is 21.8 Å². The molecule has 5 rings (SSSR count). The zero-order chi connectivity index (χ0) is 31.1. The smallest absolute Gasteiger partial charge is 0.251 e. The number of ether oxygens (including phenoxy) is 1. The third-order valence-corrected chi connectivity index (χ3v) is 9.84. The number of carbonyl (C=O) groups excluding carboxylic acids is 2. The van der Waals surface area contributed by atoms with E-state index in [2.05, 4.69) is 22.8 Å². The maximum absolute atomic E-state index is 13.6. The van der Waals surface area contributed by atoms with Gasteiger partial charge >= 0.3 is 0 Å². The summed E-state index contributed by atoms with van der Waals surface area (Å²) in [6.45, 7) is 1.96. The van der Waals surface area contributed by atoms with E-state index in [1.54, 1.807) is 24.1 Å². The molecule has 1 heterocycles. The summed E-state index contributed by atoms with van der Waals surface area (Å²) < 4.78 is 30.5. The fourth-order valence-corrected chi connectivity index (χ4v) is 6.63. The van der Waals surface area contributed by atoms with Crippen LogP contribution in [0.15, 0.2) is 78.9 Å². The molecule has 10 heteroatoms. The summed E-state index contributed by atoms with van der Waals surface area (Å²) >= 11 is 0. The fourth-order valence-electron chi connectivity index (χ4n) is 5.81. The average molecular weight is 619 g/mol. The first-order valence-electron chi connectivity index (χ1n) is 15.3. The minimum atomic E-state index is -3.31. The SMILES string of the molecule is COc1ccc(C2CC2NCCCCC(NC(=O)c2ccc(-c3ccccc3)cc2)C(=O)N2CCN(S(C)(=O)=O)CC2)cc1. The van der Waals surface area contributed by atoms with Crippen molar-refractivity contribution in [1.29, 1.82) is 0 Å². The maximum atomic E-state index is 13.6. The highest BCUT2D eigenvalue weighted by Crippen LogP contribution is 2.41. The minimum absolute atomic E-state index is 0.165. The van der Waals surface area contributed by atoms with Crippen molar-refractivity contribution in [3.8, 4) is 16.9 Å². The molecule has 3 aromatic rings. The zero-order valence-electron chi connectivity index (χ0n) is 25.4. The van der Waals surface area contributed by atoms with E-state index in [-0.39, 0.29) is 24.9 Å². The van der Waals surface area contributed by atoms with Crippen molar-refractivity contribution in [3.63, 3.8) is 0 Å².